The van der Waals surface area contributed by atoms with Gasteiger partial charge in [0.1, 0.15) is 0 Å². The first kappa shape index (κ1) is 24.2. The Morgan fingerprint density at radius 2 is 1.65 bits per heavy atom. The van der Waals surface area contributed by atoms with Gasteiger partial charge in [-0.1, -0.05) is 54.1 Å². The van der Waals surface area contributed by atoms with E-state index in [0.717, 1.165) is 35.2 Å². The van der Waals surface area contributed by atoms with Crippen molar-refractivity contribution in [2.45, 2.75) is 18.5 Å². The van der Waals surface area contributed by atoms with E-state index < -0.39 is 23.2 Å². The van der Waals surface area contributed by atoms with Crippen LogP contribution in [0.5, 0.6) is 0 Å². The molecular weight excluding hydrogens is 483 g/mol. The molecule has 0 radical (unpaired) electrons. The Morgan fingerprint density at radius 3 is 2.21 bits per heavy atom. The molecule has 1 heterocycles. The van der Waals surface area contributed by atoms with E-state index in [1.807, 2.05) is 49.4 Å². The van der Waals surface area contributed by atoms with Gasteiger partial charge < -0.3 is 0 Å². The molecule has 0 aromatic heterocycles. The molecule has 0 N–H and O–H groups in total. The monoisotopic (exact) mass is 503 g/mol. The third-order valence-corrected chi connectivity index (χ3v) is 6.73. The number of carbonyl (C=O) groups is 1. The van der Waals surface area contributed by atoms with E-state index in [2.05, 4.69) is 0 Å². The van der Waals surface area contributed by atoms with Crippen LogP contribution < -0.4 is 4.31 Å². The minimum Gasteiger partial charge on any atom is -0.245 e. The topological polar surface area (TPSA) is 35.9 Å². The number of benzene rings is 3. The van der Waals surface area contributed by atoms with Crippen molar-refractivity contribution in [3.63, 3.8) is 0 Å². The lowest BCUT2D eigenvalue weighted by atomic mass is 9.76. The van der Waals surface area contributed by atoms with Crippen molar-refractivity contribution >= 4 is 41.0 Å². The van der Waals surface area contributed by atoms with Gasteiger partial charge in [-0.25, -0.2) is 14.1 Å². The summed E-state index contributed by atoms with van der Waals surface area (Å²) in [5, 5.41) is 6.65. The standard InChI is InChI=1S/C25H21ClF3N3OS/c1-24(18-6-4-3-5-7-18)16-31(30-22(24)17-8-12-20(26)13-9-17)23(33)32(34-2)21-14-10-19(11-15-21)25(27,28)29/h3-15H,16H2,1-2H3. The number of amides is 2. The van der Waals surface area contributed by atoms with Gasteiger partial charge >= 0.3 is 12.2 Å². The Balaban J connectivity index is 1.70. The molecule has 4 nitrogen and oxygen atoms in total. The molecule has 34 heavy (non-hydrogen) atoms. The fourth-order valence-corrected chi connectivity index (χ4v) is 4.66. The maximum absolute atomic E-state index is 13.5. The van der Waals surface area contributed by atoms with Crippen molar-refractivity contribution < 1.29 is 18.0 Å². The Kier molecular flexibility index (Phi) is 6.64. The molecule has 1 aliphatic rings. The van der Waals surface area contributed by atoms with Crippen LogP contribution in [0, 0.1) is 0 Å². The fraction of sp³-hybridized carbons (Fsp3) is 0.200. The van der Waals surface area contributed by atoms with Crippen molar-refractivity contribution in [3.8, 4) is 0 Å². The second-order valence-corrected chi connectivity index (χ2v) is 9.18. The number of hydrazone groups is 1. The first-order chi connectivity index (χ1) is 16.1. The predicted molar refractivity (Wildman–Crippen MR) is 131 cm³/mol. The summed E-state index contributed by atoms with van der Waals surface area (Å²) in [6, 6.07) is 21.1. The van der Waals surface area contributed by atoms with E-state index in [0.29, 0.717) is 16.4 Å². The number of alkyl halides is 3. The fourth-order valence-electron chi connectivity index (χ4n) is 3.95. The molecule has 0 saturated heterocycles. The molecular formula is C25H21ClF3N3OS. The maximum atomic E-state index is 13.5. The van der Waals surface area contributed by atoms with Crippen LogP contribution in [-0.2, 0) is 11.6 Å². The zero-order valence-corrected chi connectivity index (χ0v) is 20.0. The molecule has 3 aromatic carbocycles. The highest BCUT2D eigenvalue weighted by atomic mass is 35.5. The quantitative estimate of drug-likeness (QED) is 0.352. The van der Waals surface area contributed by atoms with Gasteiger partial charge in [0.2, 0.25) is 0 Å². The summed E-state index contributed by atoms with van der Waals surface area (Å²) in [6.45, 7) is 2.29. The summed E-state index contributed by atoms with van der Waals surface area (Å²) in [4.78, 5) is 13.5. The van der Waals surface area contributed by atoms with Crippen molar-refractivity contribution in [3.05, 3.63) is 101 Å². The van der Waals surface area contributed by atoms with Gasteiger partial charge in [0.05, 0.1) is 28.9 Å². The van der Waals surface area contributed by atoms with Crippen LogP contribution in [0.25, 0.3) is 0 Å². The van der Waals surface area contributed by atoms with Gasteiger partial charge in [0.25, 0.3) is 0 Å². The second kappa shape index (κ2) is 9.35. The van der Waals surface area contributed by atoms with Gasteiger partial charge in [0, 0.05) is 11.3 Å². The number of hydrogen-bond donors (Lipinski definition) is 0. The average Bonchev–Trinajstić information content (AvgIpc) is 3.19. The Labute approximate surface area is 205 Å². The lowest BCUT2D eigenvalue weighted by molar-refractivity contribution is -0.137. The first-order valence-electron chi connectivity index (χ1n) is 10.4. The predicted octanol–water partition coefficient (Wildman–Crippen LogP) is 7.24. The Morgan fingerprint density at radius 1 is 1.03 bits per heavy atom. The van der Waals surface area contributed by atoms with E-state index in [1.54, 1.807) is 18.4 Å². The molecule has 4 rings (SSSR count). The number of nitrogens with zero attached hydrogens (tertiary/aromatic N) is 3. The van der Waals surface area contributed by atoms with Gasteiger partial charge in [0.15, 0.2) is 0 Å². The number of carbonyl (C=O) groups excluding carboxylic acids is 1. The second-order valence-electron chi connectivity index (χ2n) is 8.02. The lowest BCUT2D eigenvalue weighted by Crippen LogP contribution is -2.41. The average molecular weight is 504 g/mol. The molecule has 3 aromatic rings. The van der Waals surface area contributed by atoms with Gasteiger partial charge in [-0.2, -0.15) is 18.3 Å². The highest BCUT2D eigenvalue weighted by molar-refractivity contribution is 8.00. The van der Waals surface area contributed by atoms with Crippen molar-refractivity contribution in [2.75, 3.05) is 17.1 Å². The molecule has 0 fully saturated rings. The molecule has 1 aliphatic heterocycles. The summed E-state index contributed by atoms with van der Waals surface area (Å²) in [5.74, 6) is 0. The SMILES string of the molecule is CSN(C(=O)N1CC(C)(c2ccccc2)C(c2ccc(Cl)cc2)=N1)c1ccc(C(F)(F)F)cc1. The molecule has 176 valence electrons. The van der Waals surface area contributed by atoms with Crippen LogP contribution in [0.3, 0.4) is 0 Å². The summed E-state index contributed by atoms with van der Waals surface area (Å²) < 4.78 is 40.2. The molecule has 2 amide bonds. The molecule has 0 aliphatic carbocycles. The van der Waals surface area contributed by atoms with Crippen LogP contribution in [0.1, 0.15) is 23.6 Å². The minimum absolute atomic E-state index is 0.269. The third-order valence-electron chi connectivity index (χ3n) is 5.74. The van der Waals surface area contributed by atoms with E-state index >= 15 is 0 Å². The number of hydrogen-bond acceptors (Lipinski definition) is 3. The largest absolute Gasteiger partial charge is 0.416 e. The summed E-state index contributed by atoms with van der Waals surface area (Å²) >= 11 is 7.17. The normalized spacial score (nSPS) is 18.1. The van der Waals surface area contributed by atoms with Crippen LogP contribution >= 0.6 is 23.5 Å². The number of urea groups is 1. The van der Waals surface area contributed by atoms with Crippen LogP contribution in [0.4, 0.5) is 23.7 Å². The molecule has 1 atom stereocenters. The molecule has 1 unspecified atom stereocenters. The number of anilines is 1. The Bertz CT molecular complexity index is 1200. The zero-order valence-electron chi connectivity index (χ0n) is 18.4. The summed E-state index contributed by atoms with van der Waals surface area (Å²) in [7, 11) is 0. The molecule has 0 saturated carbocycles. The Hall–Kier alpha value is -2.97. The first-order valence-corrected chi connectivity index (χ1v) is 11.9. The minimum atomic E-state index is -4.45. The van der Waals surface area contributed by atoms with Crippen molar-refractivity contribution in [2.24, 2.45) is 5.10 Å². The highest BCUT2D eigenvalue weighted by Crippen LogP contribution is 2.37. The molecule has 0 spiro atoms. The molecule has 0 bridgehead atoms. The van der Waals surface area contributed by atoms with Gasteiger partial charge in [-0.15, -0.1) is 0 Å². The number of rotatable bonds is 4. The van der Waals surface area contributed by atoms with E-state index in [-0.39, 0.29) is 6.54 Å². The molecule has 9 heteroatoms. The van der Waals surface area contributed by atoms with E-state index in [1.165, 1.54) is 21.4 Å². The zero-order chi connectivity index (χ0) is 24.5. The lowest BCUT2D eigenvalue weighted by Gasteiger charge is -2.28. The van der Waals surface area contributed by atoms with E-state index in [4.69, 9.17) is 16.7 Å². The maximum Gasteiger partial charge on any atom is 0.416 e. The highest BCUT2D eigenvalue weighted by Gasteiger charge is 2.44. The van der Waals surface area contributed by atoms with E-state index in [9.17, 15) is 18.0 Å². The van der Waals surface area contributed by atoms with Crippen LogP contribution in [-0.4, -0.2) is 29.6 Å². The van der Waals surface area contributed by atoms with Gasteiger partial charge in [-0.05, 0) is 66.4 Å². The third kappa shape index (κ3) is 4.65. The van der Waals surface area contributed by atoms with Crippen LogP contribution in [0.2, 0.25) is 5.02 Å². The number of halogens is 4. The van der Waals surface area contributed by atoms with Crippen molar-refractivity contribution in [1.29, 1.82) is 0 Å². The van der Waals surface area contributed by atoms with Crippen molar-refractivity contribution in [1.82, 2.24) is 5.01 Å². The smallest absolute Gasteiger partial charge is 0.245 e. The summed E-state index contributed by atoms with van der Waals surface area (Å²) in [6.07, 6.45) is -2.76. The summed E-state index contributed by atoms with van der Waals surface area (Å²) in [5.41, 5.74) is 1.49. The van der Waals surface area contributed by atoms with Gasteiger partial charge in [-0.3, -0.25) is 0 Å². The van der Waals surface area contributed by atoms with Crippen LogP contribution in [0.15, 0.2) is 84.0 Å².